The minimum Gasteiger partial charge on any atom is -0.492 e. The quantitative estimate of drug-likeness (QED) is 0.724. The minimum absolute atomic E-state index is 0.0124. The number of ether oxygens (including phenoxy) is 1. The van der Waals surface area contributed by atoms with Gasteiger partial charge in [0.25, 0.3) is 11.5 Å². The molecule has 0 aliphatic heterocycles. The normalized spacial score (nSPS) is 10.6. The Labute approximate surface area is 145 Å². The Balaban J connectivity index is 1.63. The van der Waals surface area contributed by atoms with Crippen LogP contribution in [0.25, 0.3) is 5.65 Å². The lowest BCUT2D eigenvalue weighted by molar-refractivity contribution is 0.0945. The van der Waals surface area contributed by atoms with Gasteiger partial charge in [0, 0.05) is 12.4 Å². The average Bonchev–Trinajstić information content (AvgIpc) is 2.61. The molecule has 2 aromatic heterocycles. The summed E-state index contributed by atoms with van der Waals surface area (Å²) in [6.45, 7) is 4.49. The smallest absolute Gasteiger partial charge is 0.270 e. The first-order chi connectivity index (χ1) is 12.0. The molecular weight excluding hydrogens is 318 g/mol. The second-order valence-electron chi connectivity index (χ2n) is 5.83. The molecule has 0 saturated heterocycles. The van der Waals surface area contributed by atoms with Crippen LogP contribution in [-0.2, 0) is 0 Å². The summed E-state index contributed by atoms with van der Waals surface area (Å²) in [6, 6.07) is 11.3. The fraction of sp³-hybridized carbons (Fsp3) is 0.211. The maximum Gasteiger partial charge on any atom is 0.270 e. The van der Waals surface area contributed by atoms with Crippen molar-refractivity contribution in [3.8, 4) is 5.75 Å². The van der Waals surface area contributed by atoms with Crippen LogP contribution in [0.5, 0.6) is 5.75 Å². The molecule has 0 unspecified atom stereocenters. The van der Waals surface area contributed by atoms with Gasteiger partial charge in [-0.05, 0) is 37.6 Å². The van der Waals surface area contributed by atoms with Crippen LogP contribution in [0, 0.1) is 13.8 Å². The van der Waals surface area contributed by atoms with Gasteiger partial charge in [-0.15, -0.1) is 0 Å². The van der Waals surface area contributed by atoms with Gasteiger partial charge in [-0.1, -0.05) is 23.8 Å². The first-order valence-corrected chi connectivity index (χ1v) is 8.00. The number of amides is 1. The maximum atomic E-state index is 12.4. The summed E-state index contributed by atoms with van der Waals surface area (Å²) in [5.41, 5.74) is 2.21. The Morgan fingerprint density at radius 3 is 2.60 bits per heavy atom. The summed E-state index contributed by atoms with van der Waals surface area (Å²) in [4.78, 5) is 28.8. The zero-order valence-electron chi connectivity index (χ0n) is 14.2. The van der Waals surface area contributed by atoms with E-state index in [0.29, 0.717) is 18.8 Å². The number of hydrogen-bond acceptors (Lipinski definition) is 4. The van der Waals surface area contributed by atoms with E-state index in [1.54, 1.807) is 12.3 Å². The van der Waals surface area contributed by atoms with E-state index in [4.69, 9.17) is 4.74 Å². The number of benzene rings is 1. The topological polar surface area (TPSA) is 72.7 Å². The van der Waals surface area contributed by atoms with Crippen LogP contribution in [0.4, 0.5) is 0 Å². The Bertz CT molecular complexity index is 962. The summed E-state index contributed by atoms with van der Waals surface area (Å²) in [7, 11) is 0. The zero-order chi connectivity index (χ0) is 17.8. The van der Waals surface area contributed by atoms with E-state index < -0.39 is 5.91 Å². The molecule has 1 amide bonds. The van der Waals surface area contributed by atoms with Crippen molar-refractivity contribution in [2.75, 3.05) is 13.2 Å². The number of hydrogen-bond donors (Lipinski definition) is 1. The molecule has 0 aliphatic rings. The van der Waals surface area contributed by atoms with Gasteiger partial charge in [0.1, 0.15) is 23.6 Å². The van der Waals surface area contributed by atoms with Gasteiger partial charge in [-0.2, -0.15) is 0 Å². The van der Waals surface area contributed by atoms with E-state index in [-0.39, 0.29) is 11.1 Å². The Morgan fingerprint density at radius 1 is 1.12 bits per heavy atom. The number of nitrogens with one attached hydrogen (secondary N) is 1. The van der Waals surface area contributed by atoms with Crippen LogP contribution < -0.4 is 15.6 Å². The number of aromatic nitrogens is 2. The van der Waals surface area contributed by atoms with Gasteiger partial charge < -0.3 is 10.1 Å². The lowest BCUT2D eigenvalue weighted by atomic mass is 10.2. The fourth-order valence-electron chi connectivity index (χ4n) is 2.40. The van der Waals surface area contributed by atoms with Crippen LogP contribution in [0.2, 0.25) is 0 Å². The van der Waals surface area contributed by atoms with Gasteiger partial charge in [-0.3, -0.25) is 14.0 Å². The van der Waals surface area contributed by atoms with Crippen LogP contribution >= 0.6 is 0 Å². The summed E-state index contributed by atoms with van der Waals surface area (Å²) in [6.07, 6.45) is 2.98. The number of carbonyl (C=O) groups is 1. The van der Waals surface area contributed by atoms with E-state index >= 15 is 0 Å². The van der Waals surface area contributed by atoms with E-state index in [0.717, 1.165) is 16.9 Å². The largest absolute Gasteiger partial charge is 0.492 e. The van der Waals surface area contributed by atoms with Crippen molar-refractivity contribution in [1.29, 1.82) is 0 Å². The highest BCUT2D eigenvalue weighted by atomic mass is 16.5. The van der Waals surface area contributed by atoms with E-state index in [1.807, 2.05) is 44.2 Å². The van der Waals surface area contributed by atoms with Crippen LogP contribution in [0.15, 0.2) is 53.6 Å². The van der Waals surface area contributed by atoms with Gasteiger partial charge in [0.2, 0.25) is 0 Å². The average molecular weight is 337 g/mol. The molecule has 25 heavy (non-hydrogen) atoms. The van der Waals surface area contributed by atoms with Crippen LogP contribution in [0.3, 0.4) is 0 Å². The van der Waals surface area contributed by atoms with Gasteiger partial charge in [-0.25, -0.2) is 4.98 Å². The van der Waals surface area contributed by atoms with Gasteiger partial charge in [0.15, 0.2) is 0 Å². The van der Waals surface area contributed by atoms with Crippen molar-refractivity contribution in [2.45, 2.75) is 13.8 Å². The molecule has 0 aliphatic carbocycles. The SMILES string of the molecule is Cc1ccc(OCCNC(=O)c2cnc3ccc(C)cn3c2=O)cc1. The molecule has 0 bridgehead atoms. The molecule has 1 N–H and O–H groups in total. The molecule has 6 nitrogen and oxygen atoms in total. The van der Waals surface area contributed by atoms with E-state index in [2.05, 4.69) is 10.3 Å². The molecule has 0 spiro atoms. The Morgan fingerprint density at radius 2 is 1.84 bits per heavy atom. The Kier molecular flexibility index (Phi) is 4.79. The number of nitrogens with zero attached hydrogens (tertiary/aromatic N) is 2. The lowest BCUT2D eigenvalue weighted by Crippen LogP contribution is -2.34. The van der Waals surface area contributed by atoms with Crippen molar-refractivity contribution in [2.24, 2.45) is 0 Å². The highest BCUT2D eigenvalue weighted by Gasteiger charge is 2.12. The zero-order valence-corrected chi connectivity index (χ0v) is 14.2. The molecule has 0 radical (unpaired) electrons. The molecular formula is C19H19N3O3. The third-order valence-corrected chi connectivity index (χ3v) is 3.77. The summed E-state index contributed by atoms with van der Waals surface area (Å²) in [5, 5.41) is 2.68. The highest BCUT2D eigenvalue weighted by molar-refractivity contribution is 5.93. The van der Waals surface area contributed by atoms with E-state index in [1.165, 1.54) is 10.6 Å². The fourth-order valence-corrected chi connectivity index (χ4v) is 2.40. The van der Waals surface area contributed by atoms with Crippen molar-refractivity contribution in [1.82, 2.24) is 14.7 Å². The predicted molar refractivity (Wildman–Crippen MR) is 95.2 cm³/mol. The molecule has 6 heteroatoms. The van der Waals surface area contributed by atoms with E-state index in [9.17, 15) is 9.59 Å². The summed E-state index contributed by atoms with van der Waals surface area (Å²) < 4.78 is 6.93. The molecule has 3 aromatic rings. The van der Waals surface area contributed by atoms with Crippen LogP contribution in [0.1, 0.15) is 21.5 Å². The predicted octanol–water partition coefficient (Wildman–Crippen LogP) is 2.12. The second kappa shape index (κ2) is 7.17. The molecule has 128 valence electrons. The first kappa shape index (κ1) is 16.7. The van der Waals surface area contributed by atoms with Crippen molar-refractivity contribution in [3.05, 3.63) is 75.8 Å². The summed E-state index contributed by atoms with van der Waals surface area (Å²) in [5.74, 6) is 0.281. The van der Waals surface area contributed by atoms with Gasteiger partial charge in [0.05, 0.1) is 6.54 Å². The highest BCUT2D eigenvalue weighted by Crippen LogP contribution is 2.10. The summed E-state index contributed by atoms with van der Waals surface area (Å²) >= 11 is 0. The molecule has 0 fully saturated rings. The number of fused-ring (bicyclic) bond motifs is 1. The molecule has 0 atom stereocenters. The van der Waals surface area contributed by atoms with Crippen LogP contribution in [-0.4, -0.2) is 28.4 Å². The maximum absolute atomic E-state index is 12.4. The monoisotopic (exact) mass is 337 g/mol. The standard InChI is InChI=1S/C19H19N3O3/c1-13-3-6-15(7-4-13)25-10-9-20-18(23)16-11-21-17-8-5-14(2)12-22(17)19(16)24/h3-8,11-12H,9-10H2,1-2H3,(H,20,23). The Hall–Kier alpha value is -3.15. The third kappa shape index (κ3) is 3.85. The lowest BCUT2D eigenvalue weighted by Gasteiger charge is -2.08. The second-order valence-corrected chi connectivity index (χ2v) is 5.83. The molecule has 1 aromatic carbocycles. The molecule has 0 saturated carbocycles. The van der Waals surface area contributed by atoms with Crippen molar-refractivity contribution >= 4 is 11.6 Å². The number of aryl methyl sites for hydroxylation is 2. The van der Waals surface area contributed by atoms with Crippen molar-refractivity contribution < 1.29 is 9.53 Å². The minimum atomic E-state index is -0.457. The van der Waals surface area contributed by atoms with Gasteiger partial charge >= 0.3 is 0 Å². The molecule has 3 rings (SSSR count). The number of carbonyl (C=O) groups excluding carboxylic acids is 1. The third-order valence-electron chi connectivity index (χ3n) is 3.77. The number of rotatable bonds is 5. The van der Waals surface area contributed by atoms with Crippen molar-refractivity contribution in [3.63, 3.8) is 0 Å². The first-order valence-electron chi connectivity index (χ1n) is 8.00. The number of pyridine rings is 1. The molecule has 2 heterocycles.